The van der Waals surface area contributed by atoms with Crippen molar-refractivity contribution in [3.05, 3.63) is 29.3 Å². The Bertz CT molecular complexity index is 483. The molecule has 0 radical (unpaired) electrons. The summed E-state index contributed by atoms with van der Waals surface area (Å²) in [5.41, 5.74) is 3.89. The van der Waals surface area contributed by atoms with Gasteiger partial charge in [0.2, 0.25) is 5.91 Å². The van der Waals surface area contributed by atoms with E-state index in [1.54, 1.807) is 0 Å². The Morgan fingerprint density at radius 1 is 1.33 bits per heavy atom. The standard InChI is InChI=1S/C15H20N2O/c1-3-16-7-4-8-17-13-9-11(2)5-6-12(13)10-14(17)15(16)18/h5-6,9,14H,3-4,7-8,10H2,1-2H3. The largest absolute Gasteiger partial charge is 0.359 e. The van der Waals surface area contributed by atoms with E-state index >= 15 is 0 Å². The Labute approximate surface area is 108 Å². The summed E-state index contributed by atoms with van der Waals surface area (Å²) in [7, 11) is 0. The molecule has 18 heavy (non-hydrogen) atoms. The predicted molar refractivity (Wildman–Crippen MR) is 72.9 cm³/mol. The highest BCUT2D eigenvalue weighted by atomic mass is 16.2. The lowest BCUT2D eigenvalue weighted by atomic mass is 10.1. The number of carbonyl (C=O) groups is 1. The maximum absolute atomic E-state index is 12.5. The first-order valence-electron chi connectivity index (χ1n) is 6.85. The molecule has 3 rings (SSSR count). The maximum atomic E-state index is 12.5. The third-order valence-corrected chi connectivity index (χ3v) is 4.15. The Morgan fingerprint density at radius 3 is 2.94 bits per heavy atom. The van der Waals surface area contributed by atoms with E-state index in [9.17, 15) is 4.79 Å². The highest BCUT2D eigenvalue weighted by molar-refractivity contribution is 5.88. The van der Waals surface area contributed by atoms with Crippen LogP contribution in [0, 0.1) is 6.92 Å². The van der Waals surface area contributed by atoms with Gasteiger partial charge in [-0.3, -0.25) is 4.79 Å². The number of likely N-dealkylation sites (N-methyl/N-ethyl adjacent to an activating group) is 1. The molecule has 1 atom stereocenters. The topological polar surface area (TPSA) is 23.6 Å². The second-order valence-electron chi connectivity index (χ2n) is 5.32. The first kappa shape index (κ1) is 11.6. The lowest BCUT2D eigenvalue weighted by Crippen LogP contribution is -2.44. The van der Waals surface area contributed by atoms with Crippen LogP contribution in [0.25, 0.3) is 0 Å². The van der Waals surface area contributed by atoms with Gasteiger partial charge in [-0.25, -0.2) is 0 Å². The van der Waals surface area contributed by atoms with Gasteiger partial charge in [-0.2, -0.15) is 0 Å². The van der Waals surface area contributed by atoms with Crippen LogP contribution in [-0.4, -0.2) is 36.5 Å². The summed E-state index contributed by atoms with van der Waals surface area (Å²) in [5.74, 6) is 0.309. The van der Waals surface area contributed by atoms with Crippen LogP contribution in [0.5, 0.6) is 0 Å². The SMILES string of the molecule is CCN1CCCN2c3cc(C)ccc3CC2C1=O. The third-order valence-electron chi connectivity index (χ3n) is 4.15. The first-order chi connectivity index (χ1) is 8.70. The van der Waals surface area contributed by atoms with Crippen LogP contribution < -0.4 is 4.90 Å². The number of nitrogens with zero attached hydrogens (tertiary/aromatic N) is 2. The van der Waals surface area contributed by atoms with E-state index in [4.69, 9.17) is 0 Å². The molecule has 0 N–H and O–H groups in total. The van der Waals surface area contributed by atoms with Gasteiger partial charge in [0.1, 0.15) is 6.04 Å². The average molecular weight is 244 g/mol. The fraction of sp³-hybridized carbons (Fsp3) is 0.533. The number of aryl methyl sites for hydroxylation is 1. The minimum atomic E-state index is 0.0456. The van der Waals surface area contributed by atoms with Crippen molar-refractivity contribution in [1.82, 2.24) is 4.90 Å². The number of anilines is 1. The van der Waals surface area contributed by atoms with Crippen LogP contribution in [0.3, 0.4) is 0 Å². The second-order valence-corrected chi connectivity index (χ2v) is 5.32. The number of amides is 1. The van der Waals surface area contributed by atoms with Crippen molar-refractivity contribution in [2.45, 2.75) is 32.7 Å². The van der Waals surface area contributed by atoms with Crippen molar-refractivity contribution in [1.29, 1.82) is 0 Å². The van der Waals surface area contributed by atoms with Crippen LogP contribution in [0.1, 0.15) is 24.5 Å². The summed E-state index contributed by atoms with van der Waals surface area (Å²) in [6.45, 7) is 6.93. The van der Waals surface area contributed by atoms with E-state index in [1.165, 1.54) is 16.8 Å². The fourth-order valence-electron chi connectivity index (χ4n) is 3.16. The zero-order valence-corrected chi connectivity index (χ0v) is 11.1. The van der Waals surface area contributed by atoms with Gasteiger partial charge in [0.25, 0.3) is 0 Å². The third kappa shape index (κ3) is 1.69. The van der Waals surface area contributed by atoms with Gasteiger partial charge in [0.15, 0.2) is 0 Å². The van der Waals surface area contributed by atoms with Gasteiger partial charge < -0.3 is 9.80 Å². The van der Waals surface area contributed by atoms with Gasteiger partial charge >= 0.3 is 0 Å². The Morgan fingerprint density at radius 2 is 2.17 bits per heavy atom. The minimum absolute atomic E-state index is 0.0456. The van der Waals surface area contributed by atoms with E-state index in [2.05, 4.69) is 36.9 Å². The zero-order chi connectivity index (χ0) is 12.7. The van der Waals surface area contributed by atoms with Gasteiger partial charge in [-0.05, 0) is 37.5 Å². The van der Waals surface area contributed by atoms with Crippen molar-refractivity contribution in [3.63, 3.8) is 0 Å². The van der Waals surface area contributed by atoms with Crippen molar-refractivity contribution >= 4 is 11.6 Å². The summed E-state index contributed by atoms with van der Waals surface area (Å²) >= 11 is 0. The molecule has 96 valence electrons. The average Bonchev–Trinajstić information content (AvgIpc) is 2.64. The normalized spacial score (nSPS) is 22.8. The molecule has 1 fully saturated rings. The summed E-state index contributed by atoms with van der Waals surface area (Å²) in [6.07, 6.45) is 1.95. The number of fused-ring (bicyclic) bond motifs is 3. The van der Waals surface area contributed by atoms with Crippen LogP contribution >= 0.6 is 0 Å². The summed E-state index contributed by atoms with van der Waals surface area (Å²) in [4.78, 5) is 16.8. The molecule has 1 amide bonds. The van der Waals surface area contributed by atoms with E-state index < -0.39 is 0 Å². The van der Waals surface area contributed by atoms with Crippen LogP contribution in [0.15, 0.2) is 18.2 Å². The smallest absolute Gasteiger partial charge is 0.245 e. The quantitative estimate of drug-likeness (QED) is 0.754. The maximum Gasteiger partial charge on any atom is 0.245 e. The van der Waals surface area contributed by atoms with Crippen molar-refractivity contribution in [2.75, 3.05) is 24.5 Å². The molecular formula is C15H20N2O. The van der Waals surface area contributed by atoms with E-state index in [0.29, 0.717) is 5.91 Å². The summed E-state index contributed by atoms with van der Waals surface area (Å²) in [5, 5.41) is 0. The highest BCUT2D eigenvalue weighted by Crippen LogP contribution is 2.34. The van der Waals surface area contributed by atoms with Crippen LogP contribution in [0.2, 0.25) is 0 Å². The molecule has 3 heteroatoms. The molecule has 1 unspecified atom stereocenters. The van der Waals surface area contributed by atoms with Gasteiger partial charge in [-0.1, -0.05) is 12.1 Å². The van der Waals surface area contributed by atoms with Crippen LogP contribution in [0.4, 0.5) is 5.69 Å². The van der Waals surface area contributed by atoms with E-state index in [0.717, 1.165) is 32.5 Å². The van der Waals surface area contributed by atoms with E-state index in [1.807, 2.05) is 4.90 Å². The van der Waals surface area contributed by atoms with Crippen molar-refractivity contribution in [3.8, 4) is 0 Å². The Hall–Kier alpha value is -1.51. The van der Waals surface area contributed by atoms with Gasteiger partial charge in [-0.15, -0.1) is 0 Å². The minimum Gasteiger partial charge on any atom is -0.359 e. The molecule has 0 saturated carbocycles. The molecule has 2 aliphatic heterocycles. The number of rotatable bonds is 1. The number of hydrogen-bond donors (Lipinski definition) is 0. The fourth-order valence-corrected chi connectivity index (χ4v) is 3.16. The lowest BCUT2D eigenvalue weighted by Gasteiger charge is -2.26. The molecule has 1 aromatic rings. The monoisotopic (exact) mass is 244 g/mol. The first-order valence-corrected chi connectivity index (χ1v) is 6.85. The van der Waals surface area contributed by atoms with Gasteiger partial charge in [0, 0.05) is 31.7 Å². The molecule has 1 aromatic carbocycles. The highest BCUT2D eigenvalue weighted by Gasteiger charge is 2.37. The molecule has 2 heterocycles. The van der Waals surface area contributed by atoms with Crippen molar-refractivity contribution < 1.29 is 4.79 Å². The number of benzene rings is 1. The van der Waals surface area contributed by atoms with Gasteiger partial charge in [0.05, 0.1) is 0 Å². The number of hydrogen-bond acceptors (Lipinski definition) is 2. The molecular weight excluding hydrogens is 224 g/mol. The molecule has 0 aliphatic carbocycles. The molecule has 3 nitrogen and oxygen atoms in total. The molecule has 0 bridgehead atoms. The van der Waals surface area contributed by atoms with Crippen molar-refractivity contribution in [2.24, 2.45) is 0 Å². The molecule has 0 spiro atoms. The molecule has 1 saturated heterocycles. The lowest BCUT2D eigenvalue weighted by molar-refractivity contribution is -0.131. The Kier molecular flexibility index (Phi) is 2.77. The number of carbonyl (C=O) groups excluding carboxylic acids is 1. The molecule has 0 aromatic heterocycles. The predicted octanol–water partition coefficient (Wildman–Crippen LogP) is 1.98. The van der Waals surface area contributed by atoms with E-state index in [-0.39, 0.29) is 6.04 Å². The molecule has 2 aliphatic rings. The summed E-state index contributed by atoms with van der Waals surface area (Å²) in [6, 6.07) is 6.60. The Balaban J connectivity index is 1.97. The second kappa shape index (κ2) is 4.30. The van der Waals surface area contributed by atoms with Crippen LogP contribution in [-0.2, 0) is 11.2 Å². The summed E-state index contributed by atoms with van der Waals surface area (Å²) < 4.78 is 0. The zero-order valence-electron chi connectivity index (χ0n) is 11.1.